The number of halogens is 2. The van der Waals surface area contributed by atoms with E-state index in [1.807, 2.05) is 6.07 Å². The summed E-state index contributed by atoms with van der Waals surface area (Å²) in [5.41, 5.74) is 0.995. The van der Waals surface area contributed by atoms with E-state index in [2.05, 4.69) is 34.7 Å². The minimum absolute atomic E-state index is 0.194. The fourth-order valence-corrected chi connectivity index (χ4v) is 2.85. The van der Waals surface area contributed by atoms with E-state index in [1.54, 1.807) is 13.2 Å². The highest BCUT2D eigenvalue weighted by Crippen LogP contribution is 2.18. The Hall–Kier alpha value is -0.450. The number of benzene rings is 1. The largest absolute Gasteiger partial charge is 0.383 e. The summed E-state index contributed by atoms with van der Waals surface area (Å²) >= 11 is 3.34. The van der Waals surface area contributed by atoms with Crippen molar-refractivity contribution in [3.63, 3.8) is 0 Å². The highest BCUT2D eigenvalue weighted by molar-refractivity contribution is 9.10. The molecule has 1 rings (SSSR count). The lowest BCUT2D eigenvalue weighted by molar-refractivity contribution is 0.110. The summed E-state index contributed by atoms with van der Waals surface area (Å²) in [6.07, 6.45) is 2.19. The normalized spacial score (nSPS) is 11.5. The second-order valence-electron chi connectivity index (χ2n) is 4.71. The van der Waals surface area contributed by atoms with Gasteiger partial charge in [0.25, 0.3) is 0 Å². The maximum atomic E-state index is 13.4. The second kappa shape index (κ2) is 8.67. The van der Waals surface area contributed by atoms with Crippen LogP contribution in [-0.4, -0.2) is 31.2 Å². The molecular weight excluding hydrogens is 309 g/mol. The van der Waals surface area contributed by atoms with Gasteiger partial charge in [-0.2, -0.15) is 0 Å². The van der Waals surface area contributed by atoms with Crippen LogP contribution >= 0.6 is 15.9 Å². The molecule has 0 aliphatic carbocycles. The van der Waals surface area contributed by atoms with E-state index in [-0.39, 0.29) is 5.82 Å². The first kappa shape index (κ1) is 16.6. The number of rotatable bonds is 8. The highest BCUT2D eigenvalue weighted by atomic mass is 79.9. The third-order valence-electron chi connectivity index (χ3n) is 3.35. The van der Waals surface area contributed by atoms with Crippen molar-refractivity contribution in [2.75, 3.05) is 20.3 Å². The Labute approximate surface area is 124 Å². The summed E-state index contributed by atoms with van der Waals surface area (Å²) in [4.78, 5) is 2.37. The van der Waals surface area contributed by atoms with Gasteiger partial charge in [0.1, 0.15) is 5.82 Å². The molecule has 0 N–H and O–H groups in total. The molecule has 0 unspecified atom stereocenters. The molecule has 1 aromatic rings. The van der Waals surface area contributed by atoms with Crippen molar-refractivity contribution >= 4 is 15.9 Å². The third kappa shape index (κ3) is 5.59. The smallest absolute Gasteiger partial charge is 0.124 e. The number of nitrogens with zero attached hydrogens (tertiary/aromatic N) is 1. The molecule has 2 nitrogen and oxygen atoms in total. The van der Waals surface area contributed by atoms with Crippen LogP contribution in [0.5, 0.6) is 0 Å². The van der Waals surface area contributed by atoms with Crippen LogP contribution in [0.2, 0.25) is 0 Å². The molecule has 0 atom stereocenters. The van der Waals surface area contributed by atoms with Gasteiger partial charge >= 0.3 is 0 Å². The van der Waals surface area contributed by atoms with E-state index in [9.17, 15) is 4.39 Å². The van der Waals surface area contributed by atoms with Crippen LogP contribution < -0.4 is 0 Å². The standard InChI is InChI=1S/C15H23BrFNO/c1-4-15(5-2)18(6-7-19-3)11-12-8-13(16)10-14(17)9-12/h8-10,15H,4-7,11H2,1-3H3. The Balaban J connectivity index is 2.80. The zero-order valence-electron chi connectivity index (χ0n) is 12.0. The van der Waals surface area contributed by atoms with Crippen LogP contribution in [0.4, 0.5) is 4.39 Å². The molecule has 1 aromatic carbocycles. The van der Waals surface area contributed by atoms with E-state index in [0.29, 0.717) is 12.6 Å². The Bertz CT molecular complexity index is 362. The Morgan fingerprint density at radius 2 is 1.95 bits per heavy atom. The molecule has 0 amide bonds. The number of hydrogen-bond acceptors (Lipinski definition) is 2. The van der Waals surface area contributed by atoms with Gasteiger partial charge in [0, 0.05) is 30.7 Å². The summed E-state index contributed by atoms with van der Waals surface area (Å²) in [6, 6.07) is 5.58. The van der Waals surface area contributed by atoms with Crippen molar-refractivity contribution in [3.8, 4) is 0 Å². The minimum Gasteiger partial charge on any atom is -0.383 e. The van der Waals surface area contributed by atoms with Crippen LogP contribution in [0.15, 0.2) is 22.7 Å². The molecule has 0 aliphatic heterocycles. The SMILES string of the molecule is CCC(CC)N(CCOC)Cc1cc(F)cc(Br)c1. The summed E-state index contributed by atoms with van der Waals surface area (Å²) in [5.74, 6) is -0.194. The zero-order valence-corrected chi connectivity index (χ0v) is 13.5. The van der Waals surface area contributed by atoms with Gasteiger partial charge in [0.05, 0.1) is 6.61 Å². The van der Waals surface area contributed by atoms with E-state index in [1.165, 1.54) is 6.07 Å². The topological polar surface area (TPSA) is 12.5 Å². The quantitative estimate of drug-likeness (QED) is 0.706. The van der Waals surface area contributed by atoms with Gasteiger partial charge in [-0.1, -0.05) is 29.8 Å². The minimum atomic E-state index is -0.194. The van der Waals surface area contributed by atoms with Crippen molar-refractivity contribution in [1.29, 1.82) is 0 Å². The maximum Gasteiger partial charge on any atom is 0.124 e. The monoisotopic (exact) mass is 331 g/mol. The maximum absolute atomic E-state index is 13.4. The van der Waals surface area contributed by atoms with E-state index in [0.717, 1.165) is 36.0 Å². The summed E-state index contributed by atoms with van der Waals surface area (Å²) < 4.78 is 19.4. The number of methoxy groups -OCH3 is 1. The van der Waals surface area contributed by atoms with Crippen LogP contribution in [0.3, 0.4) is 0 Å². The van der Waals surface area contributed by atoms with Gasteiger partial charge in [-0.3, -0.25) is 4.90 Å². The van der Waals surface area contributed by atoms with Gasteiger partial charge in [-0.05, 0) is 36.6 Å². The molecule has 0 aliphatic rings. The van der Waals surface area contributed by atoms with Gasteiger partial charge < -0.3 is 4.74 Å². The Morgan fingerprint density at radius 3 is 2.47 bits per heavy atom. The third-order valence-corrected chi connectivity index (χ3v) is 3.81. The number of hydrogen-bond donors (Lipinski definition) is 0. The first-order chi connectivity index (χ1) is 9.10. The molecule has 0 bridgehead atoms. The highest BCUT2D eigenvalue weighted by Gasteiger charge is 2.15. The van der Waals surface area contributed by atoms with Gasteiger partial charge in [0.15, 0.2) is 0 Å². The molecule has 0 saturated heterocycles. The van der Waals surface area contributed by atoms with Crippen LogP contribution in [0.25, 0.3) is 0 Å². The van der Waals surface area contributed by atoms with Gasteiger partial charge in [-0.25, -0.2) is 4.39 Å². The molecule has 0 aromatic heterocycles. The zero-order chi connectivity index (χ0) is 14.3. The lowest BCUT2D eigenvalue weighted by atomic mass is 10.1. The molecular formula is C15H23BrFNO. The van der Waals surface area contributed by atoms with Gasteiger partial charge in [-0.15, -0.1) is 0 Å². The molecule has 0 fully saturated rings. The molecule has 19 heavy (non-hydrogen) atoms. The Morgan fingerprint density at radius 1 is 1.26 bits per heavy atom. The first-order valence-corrected chi connectivity index (χ1v) is 7.57. The molecule has 0 saturated carbocycles. The first-order valence-electron chi connectivity index (χ1n) is 6.78. The Kier molecular flexibility index (Phi) is 7.57. The fraction of sp³-hybridized carbons (Fsp3) is 0.600. The average molecular weight is 332 g/mol. The number of ether oxygens (including phenoxy) is 1. The molecule has 0 heterocycles. The van der Waals surface area contributed by atoms with Crippen LogP contribution in [0.1, 0.15) is 32.3 Å². The average Bonchev–Trinajstić information content (AvgIpc) is 2.35. The van der Waals surface area contributed by atoms with Crippen LogP contribution in [0, 0.1) is 5.82 Å². The fourth-order valence-electron chi connectivity index (χ4n) is 2.34. The lowest BCUT2D eigenvalue weighted by Crippen LogP contribution is -2.36. The molecule has 4 heteroatoms. The second-order valence-corrected chi connectivity index (χ2v) is 5.63. The van der Waals surface area contributed by atoms with E-state index >= 15 is 0 Å². The van der Waals surface area contributed by atoms with Crippen molar-refractivity contribution in [2.45, 2.75) is 39.3 Å². The van der Waals surface area contributed by atoms with E-state index < -0.39 is 0 Å². The van der Waals surface area contributed by atoms with Crippen molar-refractivity contribution in [2.24, 2.45) is 0 Å². The summed E-state index contributed by atoms with van der Waals surface area (Å²) in [5, 5.41) is 0. The van der Waals surface area contributed by atoms with Crippen molar-refractivity contribution in [3.05, 3.63) is 34.1 Å². The van der Waals surface area contributed by atoms with Gasteiger partial charge in [0.2, 0.25) is 0 Å². The van der Waals surface area contributed by atoms with Crippen molar-refractivity contribution < 1.29 is 9.13 Å². The van der Waals surface area contributed by atoms with Crippen LogP contribution in [-0.2, 0) is 11.3 Å². The lowest BCUT2D eigenvalue weighted by Gasteiger charge is -2.30. The summed E-state index contributed by atoms with van der Waals surface area (Å²) in [7, 11) is 1.71. The molecule has 108 valence electrons. The predicted molar refractivity (Wildman–Crippen MR) is 80.8 cm³/mol. The van der Waals surface area contributed by atoms with Crippen molar-refractivity contribution in [1.82, 2.24) is 4.90 Å². The molecule has 0 spiro atoms. The predicted octanol–water partition coefficient (Wildman–Crippen LogP) is 4.23. The molecule has 0 radical (unpaired) electrons. The summed E-state index contributed by atoms with van der Waals surface area (Å²) in [6.45, 7) is 6.71. The van der Waals surface area contributed by atoms with E-state index in [4.69, 9.17) is 4.74 Å².